The highest BCUT2D eigenvalue weighted by Crippen LogP contribution is 2.20. The van der Waals surface area contributed by atoms with E-state index in [2.05, 4.69) is 4.98 Å². The maximum atomic E-state index is 5.80. The second-order valence-corrected chi connectivity index (χ2v) is 3.23. The third kappa shape index (κ3) is 1.86. The number of anilines is 1. The molecule has 0 unspecified atom stereocenters. The Morgan fingerprint density at radius 1 is 1.13 bits per heavy atom. The second-order valence-electron chi connectivity index (χ2n) is 3.23. The van der Waals surface area contributed by atoms with Crippen LogP contribution in [0.3, 0.4) is 0 Å². The Labute approximate surface area is 88.1 Å². The largest absolute Gasteiger partial charge is 0.397 e. The van der Waals surface area contributed by atoms with Crippen molar-refractivity contribution in [3.63, 3.8) is 0 Å². The Balaban J connectivity index is 2.47. The summed E-state index contributed by atoms with van der Waals surface area (Å²) in [6.45, 7) is 0. The van der Waals surface area contributed by atoms with Gasteiger partial charge >= 0.3 is 0 Å². The summed E-state index contributed by atoms with van der Waals surface area (Å²) in [5.41, 5.74) is 9.11. The Morgan fingerprint density at radius 3 is 2.47 bits per heavy atom. The molecular formula is C12H12N3+. The highest BCUT2D eigenvalue weighted by Gasteiger charge is 2.03. The molecule has 3 heteroatoms. The van der Waals surface area contributed by atoms with Crippen LogP contribution in [0, 0.1) is 0 Å². The average Bonchev–Trinajstić information content (AvgIpc) is 2.30. The highest BCUT2D eigenvalue weighted by molar-refractivity contribution is 5.82. The maximum Gasteiger partial charge on any atom is 0.188 e. The standard InChI is InChI=1S/C12H11N3/c13-7-12-11(14)6-10(8-15-12)9-4-2-1-3-5-9/h1-8,13H,14H2/p+1. The monoisotopic (exact) mass is 198 g/mol. The van der Waals surface area contributed by atoms with E-state index in [1.807, 2.05) is 36.4 Å². The Hall–Kier alpha value is -2.16. The van der Waals surface area contributed by atoms with Gasteiger partial charge in [-0.1, -0.05) is 30.3 Å². The lowest BCUT2D eigenvalue weighted by atomic mass is 10.1. The topological polar surface area (TPSA) is 64.5 Å². The molecular weight excluding hydrogens is 186 g/mol. The van der Waals surface area contributed by atoms with Crippen molar-refractivity contribution in [3.05, 3.63) is 48.3 Å². The van der Waals surface area contributed by atoms with E-state index in [1.54, 1.807) is 6.20 Å². The van der Waals surface area contributed by atoms with E-state index in [0.29, 0.717) is 11.4 Å². The van der Waals surface area contributed by atoms with Crippen molar-refractivity contribution in [1.82, 2.24) is 4.98 Å². The van der Waals surface area contributed by atoms with Crippen molar-refractivity contribution in [2.24, 2.45) is 0 Å². The first-order valence-electron chi connectivity index (χ1n) is 4.67. The number of nitrogens with zero attached hydrogens (tertiary/aromatic N) is 1. The number of nitrogen functional groups attached to an aromatic ring is 1. The van der Waals surface area contributed by atoms with Gasteiger partial charge in [0.1, 0.15) is 5.69 Å². The van der Waals surface area contributed by atoms with Gasteiger partial charge in [-0.25, -0.2) is 4.98 Å². The molecule has 1 aromatic heterocycles. The molecule has 0 aliphatic rings. The number of benzene rings is 1. The van der Waals surface area contributed by atoms with Gasteiger partial charge in [-0.05, 0) is 11.6 Å². The van der Waals surface area contributed by atoms with Gasteiger partial charge in [-0.15, -0.1) is 0 Å². The molecule has 2 rings (SSSR count). The minimum absolute atomic E-state index is 0.596. The van der Waals surface area contributed by atoms with E-state index in [1.165, 1.54) is 6.21 Å². The molecule has 3 nitrogen and oxygen atoms in total. The number of hydrogen-bond donors (Lipinski definition) is 2. The summed E-state index contributed by atoms with van der Waals surface area (Å²) in [5.74, 6) is 0. The van der Waals surface area contributed by atoms with Gasteiger partial charge in [0.15, 0.2) is 6.21 Å². The first kappa shape index (κ1) is 9.40. The number of nitrogens with two attached hydrogens (primary N) is 2. The molecule has 1 heterocycles. The van der Waals surface area contributed by atoms with Gasteiger partial charge in [-0.2, -0.15) is 0 Å². The molecule has 74 valence electrons. The van der Waals surface area contributed by atoms with E-state index >= 15 is 0 Å². The summed E-state index contributed by atoms with van der Waals surface area (Å²) >= 11 is 0. The zero-order valence-electron chi connectivity index (χ0n) is 8.22. The molecule has 0 bridgehead atoms. The van der Waals surface area contributed by atoms with Gasteiger partial charge in [0.05, 0.1) is 5.69 Å². The summed E-state index contributed by atoms with van der Waals surface area (Å²) in [7, 11) is 0. The number of pyridine rings is 1. The first-order chi connectivity index (χ1) is 7.31. The van der Waals surface area contributed by atoms with Gasteiger partial charge in [-0.3, -0.25) is 5.41 Å². The molecule has 0 saturated carbocycles. The minimum atomic E-state index is 0.596. The van der Waals surface area contributed by atoms with Gasteiger partial charge in [0.25, 0.3) is 0 Å². The second kappa shape index (κ2) is 3.92. The van der Waals surface area contributed by atoms with E-state index in [-0.39, 0.29) is 0 Å². The Bertz CT molecular complexity index is 477. The fraction of sp³-hybridized carbons (Fsp3) is 0. The molecule has 0 fully saturated rings. The van der Waals surface area contributed by atoms with Crippen LogP contribution in [0.1, 0.15) is 5.69 Å². The van der Waals surface area contributed by atoms with E-state index in [9.17, 15) is 0 Å². The predicted molar refractivity (Wildman–Crippen MR) is 61.2 cm³/mol. The fourth-order valence-electron chi connectivity index (χ4n) is 1.42. The molecule has 0 radical (unpaired) electrons. The molecule has 0 aliphatic heterocycles. The molecule has 0 atom stereocenters. The molecule has 0 spiro atoms. The highest BCUT2D eigenvalue weighted by atomic mass is 14.7. The number of hydrogen-bond acceptors (Lipinski definition) is 2. The zero-order valence-corrected chi connectivity index (χ0v) is 8.22. The molecule has 15 heavy (non-hydrogen) atoms. The molecule has 4 N–H and O–H groups in total. The third-order valence-electron chi connectivity index (χ3n) is 2.21. The van der Waals surface area contributed by atoms with E-state index in [0.717, 1.165) is 11.1 Å². The molecule has 0 saturated heterocycles. The smallest absolute Gasteiger partial charge is 0.188 e. The van der Waals surface area contributed by atoms with Crippen LogP contribution in [0.2, 0.25) is 0 Å². The average molecular weight is 198 g/mol. The lowest BCUT2D eigenvalue weighted by Crippen LogP contribution is -2.30. The van der Waals surface area contributed by atoms with Gasteiger partial charge < -0.3 is 5.73 Å². The van der Waals surface area contributed by atoms with Crippen molar-refractivity contribution in [2.45, 2.75) is 0 Å². The molecule has 2 aromatic rings. The molecule has 1 aromatic carbocycles. The summed E-state index contributed by atoms with van der Waals surface area (Å²) < 4.78 is 0. The van der Waals surface area contributed by atoms with Crippen molar-refractivity contribution in [1.29, 1.82) is 0 Å². The van der Waals surface area contributed by atoms with Crippen molar-refractivity contribution < 1.29 is 5.41 Å². The normalized spacial score (nSPS) is 9.87. The minimum Gasteiger partial charge on any atom is -0.397 e. The lowest BCUT2D eigenvalue weighted by molar-refractivity contribution is -0.104. The van der Waals surface area contributed by atoms with Crippen LogP contribution < -0.4 is 11.1 Å². The Kier molecular flexibility index (Phi) is 2.46. The van der Waals surface area contributed by atoms with Crippen molar-refractivity contribution >= 4 is 11.9 Å². The van der Waals surface area contributed by atoms with Crippen LogP contribution in [0.25, 0.3) is 11.1 Å². The van der Waals surface area contributed by atoms with Crippen LogP contribution in [0.5, 0.6) is 0 Å². The van der Waals surface area contributed by atoms with E-state index < -0.39 is 0 Å². The zero-order chi connectivity index (χ0) is 10.7. The van der Waals surface area contributed by atoms with Crippen LogP contribution in [0.15, 0.2) is 42.6 Å². The van der Waals surface area contributed by atoms with Crippen LogP contribution in [0.4, 0.5) is 5.69 Å². The molecule has 0 amide bonds. The lowest BCUT2D eigenvalue weighted by Gasteiger charge is -2.02. The van der Waals surface area contributed by atoms with Crippen LogP contribution in [-0.4, -0.2) is 11.2 Å². The van der Waals surface area contributed by atoms with Gasteiger partial charge in [0.2, 0.25) is 0 Å². The van der Waals surface area contributed by atoms with Gasteiger partial charge in [0, 0.05) is 11.8 Å². The van der Waals surface area contributed by atoms with Crippen molar-refractivity contribution in [2.75, 3.05) is 5.73 Å². The maximum absolute atomic E-state index is 5.80. The fourth-order valence-corrected chi connectivity index (χ4v) is 1.42. The summed E-state index contributed by atoms with van der Waals surface area (Å²) in [6, 6.07) is 11.8. The molecule has 0 aliphatic carbocycles. The number of rotatable bonds is 2. The van der Waals surface area contributed by atoms with Crippen molar-refractivity contribution in [3.8, 4) is 11.1 Å². The number of aromatic nitrogens is 1. The van der Waals surface area contributed by atoms with E-state index in [4.69, 9.17) is 11.1 Å². The SMILES string of the molecule is Nc1cc(-c2ccccc2)cnc1C=[NH2+]. The summed E-state index contributed by atoms with van der Waals surface area (Å²) in [6.07, 6.45) is 3.18. The Morgan fingerprint density at radius 2 is 1.87 bits per heavy atom. The predicted octanol–water partition coefficient (Wildman–Crippen LogP) is 0.509. The first-order valence-corrected chi connectivity index (χ1v) is 4.67. The quantitative estimate of drug-likeness (QED) is 0.690. The van der Waals surface area contributed by atoms with Crippen LogP contribution >= 0.6 is 0 Å². The van der Waals surface area contributed by atoms with Crippen LogP contribution in [-0.2, 0) is 0 Å². The summed E-state index contributed by atoms with van der Waals surface area (Å²) in [5, 5.41) is 5.37. The summed E-state index contributed by atoms with van der Waals surface area (Å²) in [4.78, 5) is 4.17. The third-order valence-corrected chi connectivity index (χ3v) is 2.21.